The quantitative estimate of drug-likeness (QED) is 0.591. The van der Waals surface area contributed by atoms with E-state index in [0.717, 1.165) is 36.0 Å². The number of carbonyl (C=O) groups is 1. The number of hydrogen-bond donors (Lipinski definition) is 1. The first-order valence-electron chi connectivity index (χ1n) is 12.1. The maximum absolute atomic E-state index is 14.4. The van der Waals surface area contributed by atoms with E-state index >= 15 is 0 Å². The van der Waals surface area contributed by atoms with Gasteiger partial charge in [-0.25, -0.2) is 17.9 Å². The summed E-state index contributed by atoms with van der Waals surface area (Å²) in [7, 11) is 0. The van der Waals surface area contributed by atoms with Crippen molar-refractivity contribution in [3.05, 3.63) is 82.4 Å². The zero-order valence-corrected chi connectivity index (χ0v) is 19.9. The molecule has 2 aromatic carbocycles. The molecule has 0 bridgehead atoms. The zero-order chi connectivity index (χ0) is 24.7. The van der Waals surface area contributed by atoms with Gasteiger partial charge in [-0.15, -0.1) is 0 Å². The number of benzene rings is 2. The van der Waals surface area contributed by atoms with Crippen molar-refractivity contribution in [3.8, 4) is 5.69 Å². The number of piperidine rings is 1. The predicted molar refractivity (Wildman–Crippen MR) is 127 cm³/mol. The second kappa shape index (κ2) is 9.49. The van der Waals surface area contributed by atoms with E-state index in [1.165, 1.54) is 18.2 Å². The van der Waals surface area contributed by atoms with Crippen molar-refractivity contribution in [2.45, 2.75) is 38.5 Å². The Morgan fingerprint density at radius 2 is 1.74 bits per heavy atom. The molecule has 3 heterocycles. The van der Waals surface area contributed by atoms with Crippen LogP contribution < -0.4 is 5.32 Å². The molecule has 2 fully saturated rings. The molecule has 0 unspecified atom stereocenters. The Bertz CT molecular complexity index is 1250. The number of nitrogens with one attached hydrogen (secondary N) is 1. The first kappa shape index (κ1) is 23.6. The Balaban J connectivity index is 1.29. The van der Waals surface area contributed by atoms with Crippen molar-refractivity contribution in [1.29, 1.82) is 0 Å². The molecule has 0 aliphatic carbocycles. The van der Waals surface area contributed by atoms with Crippen LogP contribution in [0.1, 0.15) is 47.2 Å². The Kier molecular flexibility index (Phi) is 6.40. The lowest BCUT2D eigenvalue weighted by molar-refractivity contribution is -0.136. The van der Waals surface area contributed by atoms with E-state index in [1.54, 1.807) is 19.1 Å². The number of rotatable bonds is 4. The topological polar surface area (TPSA) is 50.2 Å². The fourth-order valence-corrected chi connectivity index (χ4v) is 5.48. The van der Waals surface area contributed by atoms with Crippen LogP contribution in [0.25, 0.3) is 5.69 Å². The predicted octanol–water partition coefficient (Wildman–Crippen LogP) is 4.62. The van der Waals surface area contributed by atoms with Gasteiger partial charge in [0.15, 0.2) is 0 Å². The van der Waals surface area contributed by atoms with Gasteiger partial charge in [-0.1, -0.05) is 6.07 Å². The molecule has 2 aliphatic rings. The Labute approximate surface area is 202 Å². The van der Waals surface area contributed by atoms with Crippen LogP contribution in [-0.2, 0) is 4.79 Å². The van der Waals surface area contributed by atoms with Crippen molar-refractivity contribution in [3.63, 3.8) is 0 Å². The van der Waals surface area contributed by atoms with Gasteiger partial charge in [0.05, 0.1) is 17.3 Å². The van der Waals surface area contributed by atoms with Crippen LogP contribution in [0.3, 0.4) is 0 Å². The lowest BCUT2D eigenvalue weighted by Crippen LogP contribution is -2.43. The highest BCUT2D eigenvalue weighted by molar-refractivity contribution is 5.81. The van der Waals surface area contributed by atoms with E-state index in [1.807, 2.05) is 16.5 Å². The largest absolute Gasteiger partial charge is 0.342 e. The highest BCUT2D eigenvalue weighted by Crippen LogP contribution is 2.35. The van der Waals surface area contributed by atoms with E-state index < -0.39 is 11.6 Å². The van der Waals surface area contributed by atoms with Crippen LogP contribution in [0.15, 0.2) is 42.5 Å². The van der Waals surface area contributed by atoms with E-state index in [4.69, 9.17) is 0 Å². The van der Waals surface area contributed by atoms with Gasteiger partial charge >= 0.3 is 0 Å². The summed E-state index contributed by atoms with van der Waals surface area (Å²) in [6.07, 6.45) is 1.57. The summed E-state index contributed by atoms with van der Waals surface area (Å²) in [5, 5.41) is 7.85. The van der Waals surface area contributed by atoms with Gasteiger partial charge in [-0.3, -0.25) is 4.79 Å². The molecular weight excluding hydrogens is 453 g/mol. The summed E-state index contributed by atoms with van der Waals surface area (Å²) >= 11 is 0. The summed E-state index contributed by atoms with van der Waals surface area (Å²) in [5.41, 5.74) is 3.74. The van der Waals surface area contributed by atoms with Crippen molar-refractivity contribution in [1.82, 2.24) is 20.0 Å². The molecule has 1 amide bonds. The van der Waals surface area contributed by atoms with Gasteiger partial charge in [0.1, 0.15) is 17.5 Å². The summed E-state index contributed by atoms with van der Waals surface area (Å²) < 4.78 is 43.5. The second-order valence-electron chi connectivity index (χ2n) is 9.69. The summed E-state index contributed by atoms with van der Waals surface area (Å²) in [5.74, 6) is -1.92. The molecule has 2 aliphatic heterocycles. The zero-order valence-electron chi connectivity index (χ0n) is 19.9. The van der Waals surface area contributed by atoms with Crippen LogP contribution in [0, 0.1) is 37.2 Å². The number of nitrogens with zero attached hydrogens (tertiary/aromatic N) is 3. The summed E-state index contributed by atoms with van der Waals surface area (Å²) in [4.78, 5) is 15.3. The van der Waals surface area contributed by atoms with E-state index in [2.05, 4.69) is 16.5 Å². The van der Waals surface area contributed by atoms with Crippen LogP contribution in [0.4, 0.5) is 13.2 Å². The first-order valence-corrected chi connectivity index (χ1v) is 12.1. The monoisotopic (exact) mass is 482 g/mol. The van der Waals surface area contributed by atoms with Gasteiger partial charge in [-0.2, -0.15) is 5.10 Å². The third kappa shape index (κ3) is 4.59. The number of aromatic nitrogens is 2. The molecule has 184 valence electrons. The lowest BCUT2D eigenvalue weighted by Gasteiger charge is -2.34. The normalized spacial score (nSPS) is 21.0. The summed E-state index contributed by atoms with van der Waals surface area (Å²) in [6, 6.07) is 10.6. The average Bonchev–Trinajstić information content (AvgIpc) is 3.47. The van der Waals surface area contributed by atoms with Gasteiger partial charge in [0, 0.05) is 49.8 Å². The van der Waals surface area contributed by atoms with Crippen LogP contribution in [0.5, 0.6) is 0 Å². The Morgan fingerprint density at radius 1 is 0.971 bits per heavy atom. The maximum Gasteiger partial charge on any atom is 0.227 e. The van der Waals surface area contributed by atoms with E-state index in [-0.39, 0.29) is 29.5 Å². The van der Waals surface area contributed by atoms with E-state index in [9.17, 15) is 18.0 Å². The lowest BCUT2D eigenvalue weighted by atomic mass is 9.86. The molecule has 3 aromatic rings. The van der Waals surface area contributed by atoms with E-state index in [0.29, 0.717) is 37.3 Å². The number of halogens is 3. The Morgan fingerprint density at radius 3 is 2.46 bits per heavy atom. The minimum absolute atomic E-state index is 0.0148. The van der Waals surface area contributed by atoms with Crippen molar-refractivity contribution in [2.24, 2.45) is 5.92 Å². The number of aryl methyl sites for hydroxylation is 2. The molecule has 5 nitrogen and oxygen atoms in total. The van der Waals surface area contributed by atoms with Crippen molar-refractivity contribution >= 4 is 5.91 Å². The van der Waals surface area contributed by atoms with Gasteiger partial charge < -0.3 is 10.2 Å². The molecular formula is C27H29F3N4O. The molecule has 2 atom stereocenters. The van der Waals surface area contributed by atoms with Gasteiger partial charge in [0.25, 0.3) is 0 Å². The average molecular weight is 483 g/mol. The molecule has 5 rings (SSSR count). The molecule has 0 spiro atoms. The number of hydrogen-bond acceptors (Lipinski definition) is 3. The third-order valence-electron chi connectivity index (χ3n) is 7.36. The minimum Gasteiger partial charge on any atom is -0.342 e. The first-order chi connectivity index (χ1) is 16.8. The minimum atomic E-state index is -0.618. The van der Waals surface area contributed by atoms with Crippen LogP contribution in [-0.4, -0.2) is 46.8 Å². The molecule has 0 saturated carbocycles. The van der Waals surface area contributed by atoms with Crippen LogP contribution >= 0.6 is 0 Å². The highest BCUT2D eigenvalue weighted by Gasteiger charge is 2.39. The number of likely N-dealkylation sites (tertiary alicyclic amines) is 1. The van der Waals surface area contributed by atoms with Crippen molar-refractivity contribution < 1.29 is 18.0 Å². The maximum atomic E-state index is 14.4. The SMILES string of the molecule is Cc1cc(C2CCN(C(=O)[C@@H]3CNC[C@H]3c3ccc(F)cc3F)CC2)n(-c2ccc(F)c(C)c2)n1. The fraction of sp³-hybridized carbons (Fsp3) is 0.407. The molecule has 8 heteroatoms. The molecule has 2 saturated heterocycles. The molecule has 1 aromatic heterocycles. The third-order valence-corrected chi connectivity index (χ3v) is 7.36. The summed E-state index contributed by atoms with van der Waals surface area (Å²) in [6.45, 7) is 5.86. The molecule has 35 heavy (non-hydrogen) atoms. The highest BCUT2D eigenvalue weighted by atomic mass is 19.1. The Hall–Kier alpha value is -3.13. The standard InChI is InChI=1S/C27H29F3N4O/c1-16-11-20(4-6-24(16)29)34-26(12-17(2)32-34)18-7-9-33(10-8-18)27(35)23-15-31-14-22(23)21-5-3-19(28)13-25(21)30/h3-6,11-13,18,22-23,31H,7-10,14-15H2,1-2H3/t22-,23+/m0/s1. The van der Waals surface area contributed by atoms with Gasteiger partial charge in [-0.05, 0) is 68.1 Å². The van der Waals surface area contributed by atoms with Crippen molar-refractivity contribution in [2.75, 3.05) is 26.2 Å². The smallest absolute Gasteiger partial charge is 0.227 e. The number of carbonyl (C=O) groups excluding carboxylic acids is 1. The fourth-order valence-electron chi connectivity index (χ4n) is 5.48. The van der Waals surface area contributed by atoms with Crippen LogP contribution in [0.2, 0.25) is 0 Å². The molecule has 1 N–H and O–H groups in total. The van der Waals surface area contributed by atoms with Gasteiger partial charge in [0.2, 0.25) is 5.91 Å². The number of amides is 1. The second-order valence-corrected chi connectivity index (χ2v) is 9.69. The molecule has 0 radical (unpaired) electrons.